The fourth-order valence-corrected chi connectivity index (χ4v) is 4.60. The van der Waals surface area contributed by atoms with Crippen molar-refractivity contribution in [1.29, 1.82) is 0 Å². The number of hydrogen-bond donors (Lipinski definition) is 3. The quantitative estimate of drug-likeness (QED) is 0.598. The number of carbonyl (C=O) groups excluding carboxylic acids is 3. The summed E-state index contributed by atoms with van der Waals surface area (Å²) in [4.78, 5) is 38.0. The molecule has 0 aliphatic carbocycles. The van der Waals surface area contributed by atoms with Crippen LogP contribution in [0.25, 0.3) is 0 Å². The van der Waals surface area contributed by atoms with E-state index in [4.69, 9.17) is 0 Å². The molecule has 3 N–H and O–H groups in total. The molecule has 1 saturated heterocycles. The minimum atomic E-state index is -3.09. The van der Waals surface area contributed by atoms with Gasteiger partial charge in [0.2, 0.25) is 11.8 Å². The summed E-state index contributed by atoms with van der Waals surface area (Å²) in [5.74, 6) is -0.833. The normalized spacial score (nSPS) is 18.7. The van der Waals surface area contributed by atoms with Crippen LogP contribution in [0.5, 0.6) is 0 Å². The van der Waals surface area contributed by atoms with Gasteiger partial charge in [-0.2, -0.15) is 0 Å². The summed E-state index contributed by atoms with van der Waals surface area (Å²) in [5.41, 5.74) is 0.595. The van der Waals surface area contributed by atoms with Crippen LogP contribution in [0.15, 0.2) is 30.3 Å². The molecule has 0 spiro atoms. The van der Waals surface area contributed by atoms with Crippen LogP contribution in [0.1, 0.15) is 20.3 Å². The number of nitrogens with zero attached hydrogens (tertiary/aromatic N) is 1. The van der Waals surface area contributed by atoms with Crippen molar-refractivity contribution in [2.45, 2.75) is 32.4 Å². The highest BCUT2D eigenvalue weighted by molar-refractivity contribution is 7.91. The maximum atomic E-state index is 12.5. The zero-order valence-electron chi connectivity index (χ0n) is 16.0. The molecule has 0 unspecified atom stereocenters. The summed E-state index contributed by atoms with van der Waals surface area (Å²) in [7, 11) is -3.09. The molecular weight excluding hydrogens is 384 g/mol. The highest BCUT2D eigenvalue weighted by Gasteiger charge is 2.30. The van der Waals surface area contributed by atoms with E-state index in [9.17, 15) is 22.8 Å². The molecule has 1 aromatic carbocycles. The lowest BCUT2D eigenvalue weighted by molar-refractivity contribution is -0.137. The molecule has 1 aromatic rings. The van der Waals surface area contributed by atoms with Crippen molar-refractivity contribution in [2.24, 2.45) is 0 Å². The Balaban J connectivity index is 1.83. The van der Waals surface area contributed by atoms with Gasteiger partial charge in [-0.05, 0) is 32.4 Å². The predicted molar refractivity (Wildman–Crippen MR) is 106 cm³/mol. The van der Waals surface area contributed by atoms with E-state index in [2.05, 4.69) is 16.0 Å². The first-order valence-corrected chi connectivity index (χ1v) is 10.9. The van der Waals surface area contributed by atoms with Crippen molar-refractivity contribution in [3.8, 4) is 0 Å². The molecule has 154 valence electrons. The van der Waals surface area contributed by atoms with Crippen LogP contribution in [0.3, 0.4) is 0 Å². The monoisotopic (exact) mass is 410 g/mol. The average molecular weight is 410 g/mol. The number of rotatable bonds is 7. The van der Waals surface area contributed by atoms with E-state index in [1.165, 1.54) is 11.8 Å². The summed E-state index contributed by atoms with van der Waals surface area (Å²) in [6, 6.07) is 7.04. The van der Waals surface area contributed by atoms with E-state index in [0.29, 0.717) is 12.1 Å². The summed E-state index contributed by atoms with van der Waals surface area (Å²) >= 11 is 0. The highest BCUT2D eigenvalue weighted by atomic mass is 32.2. The number of likely N-dealkylation sites (N-methyl/N-ethyl adjacent to an activating group) is 1. The maximum Gasteiger partial charge on any atom is 0.319 e. The maximum absolute atomic E-state index is 12.5. The number of amides is 4. The van der Waals surface area contributed by atoms with Gasteiger partial charge in [0.15, 0.2) is 9.84 Å². The molecule has 9 nitrogen and oxygen atoms in total. The Bertz CT molecular complexity index is 813. The molecule has 1 aliphatic rings. The molecule has 1 heterocycles. The molecular formula is C18H26N4O5S. The lowest BCUT2D eigenvalue weighted by Gasteiger charge is -2.25. The van der Waals surface area contributed by atoms with Gasteiger partial charge in [0.05, 0.1) is 18.1 Å². The first-order chi connectivity index (χ1) is 13.2. The largest absolute Gasteiger partial charge is 0.351 e. The Hall–Kier alpha value is -2.62. The predicted octanol–water partition coefficient (Wildman–Crippen LogP) is 0.348. The molecule has 4 amide bonds. The van der Waals surface area contributed by atoms with Crippen LogP contribution in [-0.4, -0.2) is 67.8 Å². The van der Waals surface area contributed by atoms with E-state index in [1.54, 1.807) is 31.2 Å². The Morgan fingerprint density at radius 3 is 2.46 bits per heavy atom. The van der Waals surface area contributed by atoms with Gasteiger partial charge in [-0.1, -0.05) is 18.2 Å². The molecule has 1 aliphatic heterocycles. The van der Waals surface area contributed by atoms with Crippen LogP contribution in [0.4, 0.5) is 10.5 Å². The smallest absolute Gasteiger partial charge is 0.319 e. The van der Waals surface area contributed by atoms with Crippen LogP contribution < -0.4 is 16.0 Å². The van der Waals surface area contributed by atoms with Crippen molar-refractivity contribution in [2.75, 3.05) is 29.9 Å². The Labute approximate surface area is 164 Å². The van der Waals surface area contributed by atoms with E-state index in [0.717, 1.165) is 0 Å². The van der Waals surface area contributed by atoms with E-state index in [-0.39, 0.29) is 24.6 Å². The van der Waals surface area contributed by atoms with Gasteiger partial charge in [0.1, 0.15) is 6.04 Å². The van der Waals surface area contributed by atoms with Crippen molar-refractivity contribution in [3.05, 3.63) is 30.3 Å². The van der Waals surface area contributed by atoms with Crippen LogP contribution in [0, 0.1) is 0 Å². The highest BCUT2D eigenvalue weighted by Crippen LogP contribution is 2.11. The number of anilines is 1. The second-order valence-electron chi connectivity index (χ2n) is 6.71. The Morgan fingerprint density at radius 2 is 1.89 bits per heavy atom. The van der Waals surface area contributed by atoms with Crippen LogP contribution in [-0.2, 0) is 19.4 Å². The van der Waals surface area contributed by atoms with Gasteiger partial charge in [-0.15, -0.1) is 0 Å². The molecule has 0 bridgehead atoms. The van der Waals surface area contributed by atoms with Gasteiger partial charge in [-0.25, -0.2) is 13.2 Å². The average Bonchev–Trinajstić information content (AvgIpc) is 2.98. The van der Waals surface area contributed by atoms with E-state index < -0.39 is 39.8 Å². The number of hydrogen-bond acceptors (Lipinski definition) is 5. The number of urea groups is 1. The third-order valence-electron chi connectivity index (χ3n) is 4.38. The standard InChI is InChI=1S/C18H26N4O5S/c1-3-22(11-16(23)20-15-9-10-28(26,27)12-15)17(24)13(2)19-18(25)21-14-7-5-4-6-8-14/h4-8,13,15H,3,9-12H2,1-2H3,(H,20,23)(H2,19,21,25)/t13-,15+/m0/s1. The van der Waals surface area contributed by atoms with Crippen LogP contribution in [0.2, 0.25) is 0 Å². The minimum absolute atomic E-state index is 0.0614. The zero-order valence-corrected chi connectivity index (χ0v) is 16.8. The number of para-hydroxylation sites is 1. The summed E-state index contributed by atoms with van der Waals surface area (Å²) in [6.45, 7) is 3.35. The van der Waals surface area contributed by atoms with Gasteiger partial charge < -0.3 is 20.9 Å². The van der Waals surface area contributed by atoms with E-state index in [1.807, 2.05) is 6.07 Å². The number of nitrogens with one attached hydrogen (secondary N) is 3. The van der Waals surface area contributed by atoms with Gasteiger partial charge in [0, 0.05) is 18.3 Å². The molecule has 28 heavy (non-hydrogen) atoms. The summed E-state index contributed by atoms with van der Waals surface area (Å²) < 4.78 is 22.9. The minimum Gasteiger partial charge on any atom is -0.351 e. The molecule has 0 aromatic heterocycles. The molecule has 0 radical (unpaired) electrons. The number of carbonyl (C=O) groups is 3. The molecule has 2 atom stereocenters. The Morgan fingerprint density at radius 1 is 1.21 bits per heavy atom. The van der Waals surface area contributed by atoms with Gasteiger partial charge in [0.25, 0.3) is 0 Å². The van der Waals surface area contributed by atoms with Crippen LogP contribution >= 0.6 is 0 Å². The topological polar surface area (TPSA) is 125 Å². The SMILES string of the molecule is CCN(CC(=O)N[C@@H]1CCS(=O)(=O)C1)C(=O)[C@H](C)NC(=O)Nc1ccccc1. The van der Waals surface area contributed by atoms with Crippen molar-refractivity contribution >= 4 is 33.4 Å². The third-order valence-corrected chi connectivity index (χ3v) is 6.14. The fraction of sp³-hybridized carbons (Fsp3) is 0.500. The Kier molecular flexibility index (Phi) is 7.38. The lowest BCUT2D eigenvalue weighted by atomic mass is 10.2. The molecule has 2 rings (SSSR count). The lowest BCUT2D eigenvalue weighted by Crippen LogP contribution is -2.51. The second-order valence-corrected chi connectivity index (χ2v) is 8.93. The summed E-state index contributed by atoms with van der Waals surface area (Å²) in [6.07, 6.45) is 0.381. The summed E-state index contributed by atoms with van der Waals surface area (Å²) in [5, 5.41) is 7.83. The molecule has 1 fully saturated rings. The van der Waals surface area contributed by atoms with Crippen molar-refractivity contribution < 1.29 is 22.8 Å². The van der Waals surface area contributed by atoms with Crippen molar-refractivity contribution in [1.82, 2.24) is 15.5 Å². The van der Waals surface area contributed by atoms with Crippen molar-refractivity contribution in [3.63, 3.8) is 0 Å². The second kappa shape index (κ2) is 9.54. The first kappa shape index (κ1) is 21.7. The zero-order chi connectivity index (χ0) is 20.7. The third kappa shape index (κ3) is 6.52. The first-order valence-electron chi connectivity index (χ1n) is 9.11. The fourth-order valence-electron chi connectivity index (χ4n) is 2.92. The van der Waals surface area contributed by atoms with Gasteiger partial charge in [-0.3, -0.25) is 9.59 Å². The van der Waals surface area contributed by atoms with Gasteiger partial charge >= 0.3 is 6.03 Å². The van der Waals surface area contributed by atoms with E-state index >= 15 is 0 Å². The number of benzene rings is 1. The molecule has 0 saturated carbocycles. The number of sulfone groups is 1. The molecule has 10 heteroatoms.